The molecule has 298 valence electrons. The van der Waals surface area contributed by atoms with E-state index in [4.69, 9.17) is 33.2 Å². The summed E-state index contributed by atoms with van der Waals surface area (Å²) in [5.74, 6) is -4.12. The second-order valence-corrected chi connectivity index (χ2v) is 16.6. The molecule has 13 nitrogen and oxygen atoms in total. The number of carbonyl (C=O) groups is 2. The molecule has 3 heterocycles. The molecule has 0 amide bonds. The average Bonchev–Trinajstić information content (AvgIpc) is 3.08. The zero-order valence-corrected chi connectivity index (χ0v) is 33.6. The molecule has 7 unspecified atom stereocenters. The molecule has 51 heavy (non-hydrogen) atoms. The van der Waals surface area contributed by atoms with Gasteiger partial charge in [-0.3, -0.25) is 9.59 Å². The summed E-state index contributed by atoms with van der Waals surface area (Å²) in [6.45, 7) is 17.8. The number of esters is 1. The van der Waals surface area contributed by atoms with Crippen molar-refractivity contribution in [1.29, 1.82) is 0 Å². The van der Waals surface area contributed by atoms with Gasteiger partial charge in [0.1, 0.15) is 23.6 Å². The molecule has 3 fully saturated rings. The first-order valence-electron chi connectivity index (χ1n) is 18.8. The van der Waals surface area contributed by atoms with Gasteiger partial charge in [0.15, 0.2) is 12.6 Å². The molecule has 13 heteroatoms. The van der Waals surface area contributed by atoms with Crippen molar-refractivity contribution >= 4 is 11.8 Å². The quantitative estimate of drug-likeness (QED) is 0.312. The number of rotatable bonds is 8. The lowest BCUT2D eigenvalue weighted by atomic mass is 9.73. The Hall–Kier alpha value is -1.26. The molecular weight excluding hydrogens is 662 g/mol. The summed E-state index contributed by atoms with van der Waals surface area (Å²) in [6, 6.07) is 0.165. The predicted molar refractivity (Wildman–Crippen MR) is 190 cm³/mol. The maximum absolute atomic E-state index is 14.1. The van der Waals surface area contributed by atoms with Gasteiger partial charge in [-0.2, -0.15) is 0 Å². The molecule has 0 aromatic rings. The molecule has 17 atom stereocenters. The minimum absolute atomic E-state index is 0.0433. The smallest absolute Gasteiger partial charge is 0.311 e. The largest absolute Gasteiger partial charge is 0.459 e. The van der Waals surface area contributed by atoms with E-state index in [-0.39, 0.29) is 49.7 Å². The zero-order valence-electron chi connectivity index (χ0n) is 33.6. The monoisotopic (exact) mass is 731 g/mol. The van der Waals surface area contributed by atoms with Crippen molar-refractivity contribution in [3.8, 4) is 0 Å². The van der Waals surface area contributed by atoms with Gasteiger partial charge >= 0.3 is 5.97 Å². The molecule has 3 saturated heterocycles. The first kappa shape index (κ1) is 44.1. The van der Waals surface area contributed by atoms with Gasteiger partial charge in [0, 0.05) is 50.4 Å². The molecule has 0 bridgehead atoms. The van der Waals surface area contributed by atoms with Gasteiger partial charge in [0.05, 0.1) is 48.1 Å². The Balaban J connectivity index is 2.20. The highest BCUT2D eigenvalue weighted by molar-refractivity contribution is 5.83. The van der Waals surface area contributed by atoms with E-state index < -0.39 is 89.5 Å². The Labute approximate surface area is 305 Å². The first-order chi connectivity index (χ1) is 23.6. The van der Waals surface area contributed by atoms with Crippen molar-refractivity contribution < 1.29 is 58.1 Å². The topological polar surface area (TPSA) is 163 Å². The van der Waals surface area contributed by atoms with E-state index in [0.29, 0.717) is 0 Å². The summed E-state index contributed by atoms with van der Waals surface area (Å²) in [4.78, 5) is 30.3. The fourth-order valence-electron chi connectivity index (χ4n) is 8.52. The van der Waals surface area contributed by atoms with Crippen molar-refractivity contribution in [2.24, 2.45) is 29.6 Å². The highest BCUT2D eigenvalue weighted by Gasteiger charge is 2.53. The van der Waals surface area contributed by atoms with E-state index >= 15 is 0 Å². The van der Waals surface area contributed by atoms with Crippen molar-refractivity contribution in [2.75, 3.05) is 34.9 Å². The minimum atomic E-state index is -1.93. The first-order valence-corrected chi connectivity index (χ1v) is 18.8. The molecule has 0 saturated carbocycles. The number of aliphatic hydroxyl groups excluding tert-OH is 2. The molecule has 3 rings (SSSR count). The molecule has 0 radical (unpaired) electrons. The average molecular weight is 732 g/mol. The number of nitrogens with zero attached hydrogens (tertiary/aromatic N) is 1. The zero-order chi connectivity index (χ0) is 38.8. The Morgan fingerprint density at radius 2 is 1.49 bits per heavy atom. The van der Waals surface area contributed by atoms with E-state index in [0.717, 1.165) is 6.42 Å². The fourth-order valence-corrected chi connectivity index (χ4v) is 8.52. The second kappa shape index (κ2) is 17.5. The van der Waals surface area contributed by atoms with Crippen LogP contribution in [0.15, 0.2) is 0 Å². The Morgan fingerprint density at radius 3 is 2.04 bits per heavy atom. The van der Waals surface area contributed by atoms with Crippen LogP contribution >= 0.6 is 0 Å². The summed E-state index contributed by atoms with van der Waals surface area (Å²) < 4.78 is 44.2. The van der Waals surface area contributed by atoms with Crippen molar-refractivity contribution in [3.05, 3.63) is 0 Å². The van der Waals surface area contributed by atoms with Crippen molar-refractivity contribution in [1.82, 2.24) is 4.90 Å². The predicted octanol–water partition coefficient (Wildman–Crippen LogP) is 3.33. The maximum atomic E-state index is 14.1. The summed E-state index contributed by atoms with van der Waals surface area (Å²) >= 11 is 0. The summed E-state index contributed by atoms with van der Waals surface area (Å²) in [6.07, 6.45) is -5.50. The molecule has 0 aromatic carbocycles. The number of ether oxygens (including phenoxy) is 7. The van der Waals surface area contributed by atoms with Crippen LogP contribution in [0, 0.1) is 29.6 Å². The van der Waals surface area contributed by atoms with Crippen molar-refractivity contribution in [3.63, 3.8) is 0 Å². The fraction of sp³-hybridized carbons (Fsp3) is 0.947. The standard InChI is InChI=1S/C38H69NO12/c1-15-28-38(10,44)32(42)23(5)30(41)20(2)17-37(9,46-14)33(51-35-22(4)26(39(11)12)16-21(3)48-35)24(6)31(25(7)34(43)49-28)50-29-18-36(8,45-13)27(40)19-47-29/h20-29,31-33,35,40,42,44H,15-19H2,1-14H3/t20-,21?,22?,23+,24+,25-,26?,27?,28-,29?,31+,32-,33-,35?,36?,37-,38-/m1/s1. The van der Waals surface area contributed by atoms with Gasteiger partial charge in [-0.25, -0.2) is 0 Å². The summed E-state index contributed by atoms with van der Waals surface area (Å²) in [5.41, 5.74) is -4.03. The molecule has 3 N–H and O–H groups in total. The van der Waals surface area contributed by atoms with Crippen LogP contribution in [0.2, 0.25) is 0 Å². The van der Waals surface area contributed by atoms with Gasteiger partial charge in [-0.1, -0.05) is 34.6 Å². The van der Waals surface area contributed by atoms with Gasteiger partial charge < -0.3 is 53.4 Å². The summed E-state index contributed by atoms with van der Waals surface area (Å²) in [5, 5.41) is 33.7. The van der Waals surface area contributed by atoms with Crippen molar-refractivity contribution in [2.45, 2.75) is 167 Å². The number of Topliss-reactive ketones (excluding diaryl/α,β-unsaturated/α-hetero) is 1. The van der Waals surface area contributed by atoms with Crippen LogP contribution < -0.4 is 0 Å². The lowest BCUT2D eigenvalue weighted by Gasteiger charge is -2.49. The minimum Gasteiger partial charge on any atom is -0.459 e. The second-order valence-electron chi connectivity index (χ2n) is 16.6. The van der Waals surface area contributed by atoms with E-state index in [2.05, 4.69) is 11.8 Å². The highest BCUT2D eigenvalue weighted by atomic mass is 16.7. The lowest BCUT2D eigenvalue weighted by molar-refractivity contribution is -0.304. The normalized spacial score (nSPS) is 48.3. The Kier molecular flexibility index (Phi) is 15.1. The maximum Gasteiger partial charge on any atom is 0.311 e. The highest BCUT2D eigenvalue weighted by Crippen LogP contribution is 2.42. The third-order valence-electron chi connectivity index (χ3n) is 12.3. The van der Waals surface area contributed by atoms with E-state index in [1.165, 1.54) is 14.0 Å². The summed E-state index contributed by atoms with van der Waals surface area (Å²) in [7, 11) is 7.16. The Bertz CT molecular complexity index is 1150. The van der Waals surface area contributed by atoms with Crippen LogP contribution in [0.1, 0.15) is 94.9 Å². The third kappa shape index (κ3) is 9.52. The number of aliphatic hydroxyl groups is 3. The van der Waals surface area contributed by atoms with Crippen LogP contribution in [0.3, 0.4) is 0 Å². The molecular formula is C38H69NO12. The molecule has 0 aromatic heterocycles. The van der Waals surface area contributed by atoms with Crippen LogP contribution in [0.25, 0.3) is 0 Å². The van der Waals surface area contributed by atoms with E-state index in [1.54, 1.807) is 41.7 Å². The van der Waals surface area contributed by atoms with Gasteiger partial charge in [0.2, 0.25) is 0 Å². The number of carbonyl (C=O) groups excluding carboxylic acids is 2. The third-order valence-corrected chi connectivity index (χ3v) is 12.3. The van der Waals surface area contributed by atoms with Crippen LogP contribution in [-0.2, 0) is 42.7 Å². The van der Waals surface area contributed by atoms with Crippen LogP contribution in [-0.4, -0.2) is 139 Å². The van der Waals surface area contributed by atoms with Gasteiger partial charge in [-0.05, 0) is 68.0 Å². The van der Waals surface area contributed by atoms with Gasteiger partial charge in [0.25, 0.3) is 0 Å². The molecule has 3 aliphatic rings. The molecule has 0 spiro atoms. The number of hydrogen-bond acceptors (Lipinski definition) is 13. The Morgan fingerprint density at radius 1 is 0.882 bits per heavy atom. The van der Waals surface area contributed by atoms with Crippen LogP contribution in [0.5, 0.6) is 0 Å². The van der Waals surface area contributed by atoms with Gasteiger partial charge in [-0.15, -0.1) is 0 Å². The van der Waals surface area contributed by atoms with E-state index in [1.807, 2.05) is 34.9 Å². The molecule has 3 aliphatic heterocycles. The molecule has 0 aliphatic carbocycles. The SMILES string of the molecule is CC[C@H]1OC(=O)[C@H](C)[C@@H](OC2CC(C)(OC)C(O)CO2)[C@H](C)[C@@H](OC2OC(C)CC(N(C)C)C2C)[C@](C)(OC)C[C@@H](C)C(=O)[C@H](C)[C@@H](O)[C@]1(C)O. The number of hydrogen-bond donors (Lipinski definition) is 3. The number of methoxy groups -OCH3 is 2. The van der Waals surface area contributed by atoms with Crippen LogP contribution in [0.4, 0.5) is 0 Å². The van der Waals surface area contributed by atoms with E-state index in [9.17, 15) is 24.9 Å². The number of cyclic esters (lactones) is 1. The lowest BCUT2D eigenvalue weighted by Crippen LogP contribution is -2.60. The number of ketones is 1.